The Morgan fingerprint density at radius 1 is 1.53 bits per heavy atom. The SMILES string of the molecule is CNC(CC1CCOCC1)c1cc(C)nn1C. The second-order valence-corrected chi connectivity index (χ2v) is 4.97. The smallest absolute Gasteiger partial charge is 0.0597 e. The molecule has 2 rings (SSSR count). The Morgan fingerprint density at radius 3 is 2.76 bits per heavy atom. The summed E-state index contributed by atoms with van der Waals surface area (Å²) in [5, 5.41) is 7.84. The van der Waals surface area contributed by atoms with E-state index >= 15 is 0 Å². The van der Waals surface area contributed by atoms with Crippen molar-refractivity contribution in [3.63, 3.8) is 0 Å². The Kier molecular flexibility index (Phi) is 4.18. The number of nitrogens with zero attached hydrogens (tertiary/aromatic N) is 2. The summed E-state index contributed by atoms with van der Waals surface area (Å²) < 4.78 is 7.41. The maximum absolute atomic E-state index is 5.41. The molecule has 1 saturated heterocycles. The van der Waals surface area contributed by atoms with Crippen LogP contribution >= 0.6 is 0 Å². The molecule has 1 atom stereocenters. The zero-order valence-corrected chi connectivity index (χ0v) is 11.1. The molecule has 4 heteroatoms. The molecular weight excluding hydrogens is 214 g/mol. The summed E-state index contributed by atoms with van der Waals surface area (Å²) in [6.07, 6.45) is 3.56. The Morgan fingerprint density at radius 2 is 2.24 bits per heavy atom. The molecule has 2 heterocycles. The number of rotatable bonds is 4. The van der Waals surface area contributed by atoms with Gasteiger partial charge in [-0.1, -0.05) is 0 Å². The first-order chi connectivity index (χ1) is 8.20. The molecule has 1 aromatic rings. The van der Waals surface area contributed by atoms with Gasteiger partial charge in [0, 0.05) is 26.3 Å². The lowest BCUT2D eigenvalue weighted by molar-refractivity contribution is 0.0605. The average molecular weight is 237 g/mol. The highest BCUT2D eigenvalue weighted by atomic mass is 16.5. The van der Waals surface area contributed by atoms with E-state index in [1.807, 2.05) is 25.7 Å². The van der Waals surface area contributed by atoms with Crippen LogP contribution in [-0.2, 0) is 11.8 Å². The van der Waals surface area contributed by atoms with Crippen molar-refractivity contribution in [2.24, 2.45) is 13.0 Å². The fraction of sp³-hybridized carbons (Fsp3) is 0.769. The fourth-order valence-corrected chi connectivity index (χ4v) is 2.66. The molecule has 17 heavy (non-hydrogen) atoms. The number of hydrogen-bond acceptors (Lipinski definition) is 3. The highest BCUT2D eigenvalue weighted by Crippen LogP contribution is 2.27. The third-order valence-electron chi connectivity index (χ3n) is 3.65. The van der Waals surface area contributed by atoms with E-state index in [-0.39, 0.29) is 0 Å². The van der Waals surface area contributed by atoms with Crippen molar-refractivity contribution in [1.82, 2.24) is 15.1 Å². The molecule has 0 radical (unpaired) electrons. The number of ether oxygens (including phenoxy) is 1. The van der Waals surface area contributed by atoms with Crippen LogP contribution in [0.2, 0.25) is 0 Å². The van der Waals surface area contributed by atoms with Crippen LogP contribution in [0.3, 0.4) is 0 Å². The van der Waals surface area contributed by atoms with E-state index in [2.05, 4.69) is 16.5 Å². The monoisotopic (exact) mass is 237 g/mol. The standard InChI is InChI=1S/C13H23N3O/c1-10-8-13(16(3)15-10)12(14-2)9-11-4-6-17-7-5-11/h8,11-12,14H,4-7,9H2,1-3H3. The molecule has 4 nitrogen and oxygen atoms in total. The molecule has 0 bridgehead atoms. The van der Waals surface area contributed by atoms with Gasteiger partial charge in [-0.05, 0) is 45.2 Å². The number of aryl methyl sites for hydroxylation is 2. The summed E-state index contributed by atoms with van der Waals surface area (Å²) in [4.78, 5) is 0. The van der Waals surface area contributed by atoms with Gasteiger partial charge in [-0.2, -0.15) is 5.10 Å². The van der Waals surface area contributed by atoms with Gasteiger partial charge in [0.25, 0.3) is 0 Å². The zero-order chi connectivity index (χ0) is 12.3. The second kappa shape index (κ2) is 5.65. The lowest BCUT2D eigenvalue weighted by Crippen LogP contribution is -2.25. The lowest BCUT2D eigenvalue weighted by atomic mass is 9.91. The largest absolute Gasteiger partial charge is 0.381 e. The van der Waals surface area contributed by atoms with E-state index in [0.717, 1.165) is 24.8 Å². The summed E-state index contributed by atoms with van der Waals surface area (Å²) in [5.74, 6) is 0.774. The van der Waals surface area contributed by atoms with Crippen LogP contribution in [0, 0.1) is 12.8 Å². The van der Waals surface area contributed by atoms with Crippen LogP contribution in [0.1, 0.15) is 36.7 Å². The Hall–Kier alpha value is -0.870. The summed E-state index contributed by atoms with van der Waals surface area (Å²) in [6, 6.07) is 2.59. The molecule has 1 aliphatic heterocycles. The molecule has 0 saturated carbocycles. The molecule has 0 aromatic carbocycles. The molecule has 1 unspecified atom stereocenters. The van der Waals surface area contributed by atoms with Crippen LogP contribution in [0.4, 0.5) is 0 Å². The van der Waals surface area contributed by atoms with Crippen LogP contribution in [-0.4, -0.2) is 30.0 Å². The molecule has 1 aromatic heterocycles. The van der Waals surface area contributed by atoms with E-state index in [1.54, 1.807) is 0 Å². The first kappa shape index (κ1) is 12.6. The van der Waals surface area contributed by atoms with Gasteiger partial charge >= 0.3 is 0 Å². The first-order valence-corrected chi connectivity index (χ1v) is 6.46. The Balaban J connectivity index is 2.02. The van der Waals surface area contributed by atoms with E-state index in [9.17, 15) is 0 Å². The van der Waals surface area contributed by atoms with Gasteiger partial charge in [0.15, 0.2) is 0 Å². The highest BCUT2D eigenvalue weighted by Gasteiger charge is 2.21. The van der Waals surface area contributed by atoms with Crippen LogP contribution in [0.25, 0.3) is 0 Å². The van der Waals surface area contributed by atoms with Crippen molar-refractivity contribution < 1.29 is 4.74 Å². The van der Waals surface area contributed by atoms with Gasteiger partial charge in [-0.3, -0.25) is 4.68 Å². The molecule has 96 valence electrons. The second-order valence-electron chi connectivity index (χ2n) is 4.97. The minimum atomic E-state index is 0.407. The number of nitrogens with one attached hydrogen (secondary N) is 1. The van der Waals surface area contributed by atoms with Crippen molar-refractivity contribution >= 4 is 0 Å². The molecule has 0 spiro atoms. The van der Waals surface area contributed by atoms with Gasteiger partial charge in [0.05, 0.1) is 11.4 Å². The van der Waals surface area contributed by atoms with Crippen LogP contribution in [0.15, 0.2) is 6.07 Å². The van der Waals surface area contributed by atoms with Crippen molar-refractivity contribution in [2.45, 2.75) is 32.2 Å². The third kappa shape index (κ3) is 3.07. The Bertz CT molecular complexity index is 356. The topological polar surface area (TPSA) is 39.1 Å². The van der Waals surface area contributed by atoms with E-state index in [0.29, 0.717) is 6.04 Å². The molecule has 1 N–H and O–H groups in total. The van der Waals surface area contributed by atoms with E-state index < -0.39 is 0 Å². The van der Waals surface area contributed by atoms with Crippen LogP contribution < -0.4 is 5.32 Å². The minimum Gasteiger partial charge on any atom is -0.381 e. The van der Waals surface area contributed by atoms with E-state index in [1.165, 1.54) is 25.0 Å². The highest BCUT2D eigenvalue weighted by molar-refractivity contribution is 5.13. The van der Waals surface area contributed by atoms with Crippen LogP contribution in [0.5, 0.6) is 0 Å². The fourth-order valence-electron chi connectivity index (χ4n) is 2.66. The normalized spacial score (nSPS) is 19.5. The van der Waals surface area contributed by atoms with Gasteiger partial charge in [0.2, 0.25) is 0 Å². The Labute approximate surface area is 103 Å². The average Bonchev–Trinajstić information content (AvgIpc) is 2.67. The minimum absolute atomic E-state index is 0.407. The quantitative estimate of drug-likeness (QED) is 0.868. The number of hydrogen-bond donors (Lipinski definition) is 1. The van der Waals surface area contributed by atoms with Gasteiger partial charge in [-0.15, -0.1) is 0 Å². The molecule has 0 amide bonds. The van der Waals surface area contributed by atoms with Crippen molar-refractivity contribution in [3.05, 3.63) is 17.5 Å². The molecule has 1 aliphatic rings. The predicted molar refractivity (Wildman–Crippen MR) is 67.9 cm³/mol. The molecular formula is C13H23N3O. The van der Waals surface area contributed by atoms with E-state index in [4.69, 9.17) is 4.74 Å². The zero-order valence-electron chi connectivity index (χ0n) is 11.1. The molecule has 1 fully saturated rings. The molecule has 0 aliphatic carbocycles. The van der Waals surface area contributed by atoms with Crippen molar-refractivity contribution in [2.75, 3.05) is 20.3 Å². The number of aromatic nitrogens is 2. The lowest BCUT2D eigenvalue weighted by Gasteiger charge is -2.26. The maximum atomic E-state index is 5.41. The first-order valence-electron chi connectivity index (χ1n) is 6.46. The summed E-state index contributed by atoms with van der Waals surface area (Å²) in [6.45, 7) is 3.89. The van der Waals surface area contributed by atoms with Gasteiger partial charge in [-0.25, -0.2) is 0 Å². The third-order valence-corrected chi connectivity index (χ3v) is 3.65. The summed E-state index contributed by atoms with van der Waals surface area (Å²) in [7, 11) is 4.06. The summed E-state index contributed by atoms with van der Waals surface area (Å²) in [5.41, 5.74) is 2.38. The summed E-state index contributed by atoms with van der Waals surface area (Å²) >= 11 is 0. The van der Waals surface area contributed by atoms with Crippen molar-refractivity contribution in [1.29, 1.82) is 0 Å². The van der Waals surface area contributed by atoms with Crippen molar-refractivity contribution in [3.8, 4) is 0 Å². The predicted octanol–water partition coefficient (Wildman–Crippen LogP) is 1.81. The maximum Gasteiger partial charge on any atom is 0.0597 e. The van der Waals surface area contributed by atoms with Gasteiger partial charge in [0.1, 0.15) is 0 Å². The van der Waals surface area contributed by atoms with Gasteiger partial charge < -0.3 is 10.1 Å².